The number of rotatable bonds is 48. The summed E-state index contributed by atoms with van der Waals surface area (Å²) in [5, 5.41) is 31.4. The molecule has 0 aromatic heterocycles. The minimum absolute atomic E-state index is 0.0644. The first kappa shape index (κ1) is 67.2. The topological polar surface area (TPSA) is 175 Å². The van der Waals surface area contributed by atoms with Crippen LogP contribution in [0.4, 0.5) is 0 Å². The molecule has 0 spiro atoms. The number of carbonyl (C=O) groups excluding carboxylic acids is 3. The Morgan fingerprint density at radius 1 is 0.466 bits per heavy atom. The molecule has 0 aromatic carbocycles. The first-order valence-corrected chi connectivity index (χ1v) is 28.9. The van der Waals surface area contributed by atoms with Gasteiger partial charge in [0.1, 0.15) is 18.8 Å². The number of hydrogen-bond donors (Lipinski definition) is 3. The standard InChI is InChI=1S/C61H102O12/c1-4-7-10-13-16-19-22-24-25-26-27-28-29-31-34-37-40-43-46-49-55(64)72-59-57(66)56(65)58(60(67)68)73-61(59)70-51-52(71-54(63)48-45-42-39-36-32-21-18-15-12-9-6-3)50-69-53(62)47-44-41-38-35-33-30-23-20-17-14-11-8-5-2/h7,10,16,19,24-25,27-28,31,34,40,43,52,56-59,61,65-66H,4-6,8-9,11-15,17-18,20-23,26,29-30,32-33,35-39,41-42,44-51H2,1-3H3,(H,67,68)/b10-7-,19-16-,25-24-,28-27-,34-31-,43-40-. The van der Waals surface area contributed by atoms with Gasteiger partial charge in [0.2, 0.25) is 0 Å². The maximum Gasteiger partial charge on any atom is 0.335 e. The van der Waals surface area contributed by atoms with E-state index in [1.54, 1.807) is 0 Å². The van der Waals surface area contributed by atoms with E-state index in [0.717, 1.165) is 70.6 Å². The van der Waals surface area contributed by atoms with Crippen LogP contribution < -0.4 is 0 Å². The minimum Gasteiger partial charge on any atom is -0.479 e. The molecule has 0 amide bonds. The molecule has 73 heavy (non-hydrogen) atoms. The van der Waals surface area contributed by atoms with Crippen LogP contribution in [0.1, 0.15) is 239 Å². The summed E-state index contributed by atoms with van der Waals surface area (Å²) >= 11 is 0. The number of aliphatic carboxylic acids is 1. The second-order valence-electron chi connectivity index (χ2n) is 19.6. The third kappa shape index (κ3) is 39.3. The second-order valence-corrected chi connectivity index (χ2v) is 19.6. The molecule has 0 bridgehead atoms. The molecule has 1 rings (SSSR count). The number of carboxylic acid groups (broad SMARTS) is 1. The lowest BCUT2D eigenvalue weighted by molar-refractivity contribution is -0.301. The summed E-state index contributed by atoms with van der Waals surface area (Å²) in [7, 11) is 0. The number of ether oxygens (including phenoxy) is 5. The molecule has 1 aliphatic heterocycles. The molecule has 0 saturated carbocycles. The Hall–Kier alpha value is -3.84. The molecule has 0 aliphatic carbocycles. The van der Waals surface area contributed by atoms with E-state index >= 15 is 0 Å². The van der Waals surface area contributed by atoms with Crippen LogP contribution in [0, 0.1) is 0 Å². The third-order valence-corrected chi connectivity index (χ3v) is 12.8. The van der Waals surface area contributed by atoms with Gasteiger partial charge in [0.15, 0.2) is 24.6 Å². The predicted molar refractivity (Wildman–Crippen MR) is 294 cm³/mol. The van der Waals surface area contributed by atoms with Gasteiger partial charge in [-0.2, -0.15) is 0 Å². The van der Waals surface area contributed by atoms with E-state index in [-0.39, 0.29) is 25.9 Å². The van der Waals surface area contributed by atoms with Gasteiger partial charge in [-0.25, -0.2) is 4.79 Å². The van der Waals surface area contributed by atoms with Crippen molar-refractivity contribution in [2.45, 2.75) is 276 Å². The number of carbonyl (C=O) groups is 4. The zero-order valence-corrected chi connectivity index (χ0v) is 45.9. The predicted octanol–water partition coefficient (Wildman–Crippen LogP) is 14.6. The molecule has 0 aromatic rings. The first-order valence-electron chi connectivity index (χ1n) is 28.9. The number of allylic oxidation sites excluding steroid dienone is 12. The van der Waals surface area contributed by atoms with Crippen molar-refractivity contribution in [2.75, 3.05) is 13.2 Å². The van der Waals surface area contributed by atoms with Gasteiger partial charge in [0.05, 0.1) is 6.61 Å². The van der Waals surface area contributed by atoms with Gasteiger partial charge >= 0.3 is 23.9 Å². The summed E-state index contributed by atoms with van der Waals surface area (Å²) in [6.07, 6.45) is 48.9. The normalized spacial score (nSPS) is 18.8. The number of aliphatic hydroxyl groups is 2. The van der Waals surface area contributed by atoms with Gasteiger partial charge in [-0.15, -0.1) is 0 Å². The van der Waals surface area contributed by atoms with Crippen molar-refractivity contribution in [2.24, 2.45) is 0 Å². The summed E-state index contributed by atoms with van der Waals surface area (Å²) in [5.74, 6) is -3.22. The maximum absolute atomic E-state index is 13.1. The molecule has 6 unspecified atom stereocenters. The van der Waals surface area contributed by atoms with Crippen molar-refractivity contribution in [1.29, 1.82) is 0 Å². The van der Waals surface area contributed by atoms with Gasteiger partial charge in [-0.1, -0.05) is 235 Å². The maximum atomic E-state index is 13.1. The van der Waals surface area contributed by atoms with Crippen molar-refractivity contribution in [3.63, 3.8) is 0 Å². The minimum atomic E-state index is -1.93. The van der Waals surface area contributed by atoms with Crippen LogP contribution in [-0.2, 0) is 42.9 Å². The van der Waals surface area contributed by atoms with E-state index in [9.17, 15) is 34.5 Å². The van der Waals surface area contributed by atoms with E-state index in [1.165, 1.54) is 103 Å². The van der Waals surface area contributed by atoms with E-state index in [4.69, 9.17) is 23.7 Å². The molecule has 12 nitrogen and oxygen atoms in total. The van der Waals surface area contributed by atoms with Crippen molar-refractivity contribution >= 4 is 23.9 Å². The highest BCUT2D eigenvalue weighted by molar-refractivity contribution is 5.74. The fourth-order valence-corrected chi connectivity index (χ4v) is 8.39. The second kappa shape index (κ2) is 49.1. The molecule has 6 atom stereocenters. The molecular weight excluding hydrogens is 925 g/mol. The third-order valence-electron chi connectivity index (χ3n) is 12.8. The fourth-order valence-electron chi connectivity index (χ4n) is 8.39. The van der Waals surface area contributed by atoms with Crippen molar-refractivity contribution < 1.29 is 58.2 Å². The zero-order chi connectivity index (χ0) is 53.3. The van der Waals surface area contributed by atoms with Crippen LogP contribution in [0.2, 0.25) is 0 Å². The Labute approximate surface area is 442 Å². The first-order chi connectivity index (χ1) is 35.6. The number of aliphatic hydroxyl groups excluding tert-OH is 2. The lowest BCUT2D eigenvalue weighted by Crippen LogP contribution is -2.61. The number of esters is 3. The molecule has 1 saturated heterocycles. The number of carboxylic acids is 1. The fraction of sp³-hybridized carbons (Fsp3) is 0.738. The number of unbranched alkanes of at least 4 members (excludes halogenated alkanes) is 22. The summed E-state index contributed by atoms with van der Waals surface area (Å²) in [4.78, 5) is 51.0. The van der Waals surface area contributed by atoms with E-state index in [2.05, 4.69) is 75.5 Å². The summed E-state index contributed by atoms with van der Waals surface area (Å²) in [6, 6.07) is 0. The summed E-state index contributed by atoms with van der Waals surface area (Å²) < 4.78 is 28.3. The van der Waals surface area contributed by atoms with Crippen LogP contribution in [0.5, 0.6) is 0 Å². The van der Waals surface area contributed by atoms with Gasteiger partial charge < -0.3 is 39.0 Å². The Morgan fingerprint density at radius 3 is 1.29 bits per heavy atom. The lowest BCUT2D eigenvalue weighted by atomic mass is 9.98. The van der Waals surface area contributed by atoms with Gasteiger partial charge in [0.25, 0.3) is 0 Å². The smallest absolute Gasteiger partial charge is 0.335 e. The summed E-state index contributed by atoms with van der Waals surface area (Å²) in [5.41, 5.74) is 0. The Balaban J connectivity index is 2.72. The molecule has 3 N–H and O–H groups in total. The molecule has 1 heterocycles. The van der Waals surface area contributed by atoms with Crippen LogP contribution in [0.15, 0.2) is 72.9 Å². The highest BCUT2D eigenvalue weighted by Gasteiger charge is 2.50. The molecule has 1 aliphatic rings. The highest BCUT2D eigenvalue weighted by Crippen LogP contribution is 2.26. The van der Waals surface area contributed by atoms with Gasteiger partial charge in [-0.05, 0) is 57.8 Å². The summed E-state index contributed by atoms with van der Waals surface area (Å²) in [6.45, 7) is 5.84. The SMILES string of the molecule is CC/C=C\C/C=C\C/C=C\C/C=C\C/C=C\C/C=C\CCC(=O)OC1C(OCC(COC(=O)CCCCCCCCCCCCCCC)OC(=O)CCCCCCCCCCCCC)OC(C(=O)O)C(O)C1O. The highest BCUT2D eigenvalue weighted by atomic mass is 16.7. The van der Waals surface area contributed by atoms with Crippen LogP contribution in [0.25, 0.3) is 0 Å². The number of hydrogen-bond acceptors (Lipinski definition) is 11. The average Bonchev–Trinajstić information content (AvgIpc) is 3.37. The van der Waals surface area contributed by atoms with Crippen molar-refractivity contribution in [3.8, 4) is 0 Å². The largest absolute Gasteiger partial charge is 0.479 e. The lowest BCUT2D eigenvalue weighted by Gasteiger charge is -2.40. The monoisotopic (exact) mass is 1030 g/mol. The van der Waals surface area contributed by atoms with Crippen molar-refractivity contribution in [3.05, 3.63) is 72.9 Å². The molecule has 1 fully saturated rings. The van der Waals surface area contributed by atoms with E-state index in [1.807, 2.05) is 18.2 Å². The molecule has 418 valence electrons. The Kier molecular flexibility index (Phi) is 45.1. The van der Waals surface area contributed by atoms with Gasteiger partial charge in [-0.3, -0.25) is 14.4 Å². The molecule has 12 heteroatoms. The Bertz CT molecular complexity index is 1550. The van der Waals surface area contributed by atoms with E-state index < -0.39 is 67.3 Å². The Morgan fingerprint density at radius 2 is 0.863 bits per heavy atom. The van der Waals surface area contributed by atoms with E-state index in [0.29, 0.717) is 25.7 Å². The van der Waals surface area contributed by atoms with Crippen molar-refractivity contribution in [1.82, 2.24) is 0 Å². The quantitative estimate of drug-likeness (QED) is 0.0228. The van der Waals surface area contributed by atoms with Crippen LogP contribution in [0.3, 0.4) is 0 Å². The average molecular weight is 1030 g/mol. The van der Waals surface area contributed by atoms with Crippen LogP contribution >= 0.6 is 0 Å². The molecular formula is C61H102O12. The van der Waals surface area contributed by atoms with Crippen LogP contribution in [-0.4, -0.2) is 89.2 Å². The van der Waals surface area contributed by atoms with Gasteiger partial charge in [0, 0.05) is 19.3 Å². The molecule has 0 radical (unpaired) electrons. The zero-order valence-electron chi connectivity index (χ0n) is 45.9.